The number of benzene rings is 1. The molecule has 0 saturated carbocycles. The summed E-state index contributed by atoms with van der Waals surface area (Å²) >= 11 is 0. The van der Waals surface area contributed by atoms with Crippen LogP contribution < -0.4 is 10.3 Å². The van der Waals surface area contributed by atoms with Gasteiger partial charge in [-0.2, -0.15) is 9.40 Å². The number of pyridine rings is 2. The molecular formula is C30H38N6O5S. The molecule has 42 heavy (non-hydrogen) atoms. The Labute approximate surface area is 246 Å². The summed E-state index contributed by atoms with van der Waals surface area (Å²) in [5.74, 6) is 0.486. The van der Waals surface area contributed by atoms with E-state index in [9.17, 15) is 13.2 Å². The average Bonchev–Trinajstić information content (AvgIpc) is 3.31. The van der Waals surface area contributed by atoms with Crippen molar-refractivity contribution >= 4 is 20.9 Å². The number of ether oxygens (including phenoxy) is 2. The molecular weight excluding hydrogens is 556 g/mol. The number of aromatic nitrogens is 4. The molecule has 3 aromatic heterocycles. The number of H-pyrrole nitrogens is 1. The van der Waals surface area contributed by atoms with Crippen molar-refractivity contribution in [1.29, 1.82) is 0 Å². The van der Waals surface area contributed by atoms with Crippen molar-refractivity contribution in [2.45, 2.75) is 38.1 Å². The quantitative estimate of drug-likeness (QED) is 0.265. The van der Waals surface area contributed by atoms with Gasteiger partial charge in [-0.05, 0) is 49.2 Å². The zero-order valence-corrected chi connectivity index (χ0v) is 25.2. The number of hydrogen-bond acceptors (Lipinski definition) is 8. The highest BCUT2D eigenvalue weighted by Crippen LogP contribution is 2.34. The maximum absolute atomic E-state index is 14.2. The fourth-order valence-electron chi connectivity index (χ4n) is 5.31. The van der Waals surface area contributed by atoms with Gasteiger partial charge in [-0.3, -0.25) is 19.4 Å². The number of nitrogens with one attached hydrogen (secondary N) is 1. The van der Waals surface area contributed by atoms with Gasteiger partial charge < -0.3 is 14.5 Å². The Morgan fingerprint density at radius 1 is 1.14 bits per heavy atom. The molecule has 0 bridgehead atoms. The van der Waals surface area contributed by atoms with E-state index in [1.165, 1.54) is 4.31 Å². The molecule has 5 rings (SSSR count). The van der Waals surface area contributed by atoms with Gasteiger partial charge in [0.1, 0.15) is 11.3 Å². The molecule has 0 spiro atoms. The Bertz CT molecular complexity index is 1680. The summed E-state index contributed by atoms with van der Waals surface area (Å²) in [6, 6.07) is 10.4. The number of fused-ring (bicyclic) bond motifs is 1. The van der Waals surface area contributed by atoms with E-state index in [1.54, 1.807) is 48.4 Å². The lowest BCUT2D eigenvalue weighted by Crippen LogP contribution is -2.42. The largest absolute Gasteiger partial charge is 0.493 e. The van der Waals surface area contributed by atoms with Gasteiger partial charge in [0.2, 0.25) is 10.0 Å². The van der Waals surface area contributed by atoms with Gasteiger partial charge in [0, 0.05) is 63.1 Å². The topological polar surface area (TPSA) is 123 Å². The predicted octanol–water partition coefficient (Wildman–Crippen LogP) is 3.20. The number of morpholine rings is 1. The number of rotatable bonds is 12. The SMILES string of the molecule is CCCc1nn(C)c2c(=O)[nH]c(-c3cc(S(=O)(=O)N(CCN4CCOCC4)Cc4cccnc4)ccc3OCC)cc12. The van der Waals surface area contributed by atoms with E-state index in [-0.39, 0.29) is 17.0 Å². The molecule has 1 aliphatic rings. The highest BCUT2D eigenvalue weighted by atomic mass is 32.2. The van der Waals surface area contributed by atoms with Crippen molar-refractivity contribution in [3.8, 4) is 17.0 Å². The van der Waals surface area contributed by atoms with Crippen LogP contribution in [0.25, 0.3) is 22.2 Å². The van der Waals surface area contributed by atoms with Gasteiger partial charge in [-0.25, -0.2) is 8.42 Å². The molecule has 0 unspecified atom stereocenters. The van der Waals surface area contributed by atoms with Crippen LogP contribution in [0.1, 0.15) is 31.5 Å². The van der Waals surface area contributed by atoms with Crippen molar-refractivity contribution in [3.05, 3.63) is 70.4 Å². The van der Waals surface area contributed by atoms with E-state index in [2.05, 4.69) is 26.9 Å². The minimum absolute atomic E-state index is 0.118. The van der Waals surface area contributed by atoms with Gasteiger partial charge in [-0.1, -0.05) is 19.4 Å². The Kier molecular flexibility index (Phi) is 9.37. The second kappa shape index (κ2) is 13.2. The van der Waals surface area contributed by atoms with Crippen LogP contribution in [-0.2, 0) is 34.8 Å². The Morgan fingerprint density at radius 3 is 2.67 bits per heavy atom. The molecule has 0 aliphatic carbocycles. The first kappa shape index (κ1) is 29.9. The van der Waals surface area contributed by atoms with Crippen molar-refractivity contribution in [2.75, 3.05) is 46.0 Å². The molecule has 0 amide bonds. The lowest BCUT2D eigenvalue weighted by Gasteiger charge is -2.30. The number of aryl methyl sites for hydroxylation is 2. The van der Waals surface area contributed by atoms with Crippen LogP contribution in [0.3, 0.4) is 0 Å². The second-order valence-corrected chi connectivity index (χ2v) is 12.3. The summed E-state index contributed by atoms with van der Waals surface area (Å²) in [7, 11) is -2.19. The summed E-state index contributed by atoms with van der Waals surface area (Å²) in [5.41, 5.74) is 2.79. The first-order chi connectivity index (χ1) is 20.3. The van der Waals surface area contributed by atoms with Crippen LogP contribution in [0.5, 0.6) is 5.75 Å². The van der Waals surface area contributed by atoms with Gasteiger partial charge in [0.25, 0.3) is 5.56 Å². The third-order valence-electron chi connectivity index (χ3n) is 7.43. The zero-order valence-electron chi connectivity index (χ0n) is 24.4. The molecule has 4 aromatic rings. The minimum atomic E-state index is -3.94. The lowest BCUT2D eigenvalue weighted by molar-refractivity contribution is 0.0361. The standard InChI is InChI=1S/C30H38N6O5S/c1-4-7-26-25-19-27(32-30(37)29(25)34(3)33-26)24-18-23(9-10-28(24)41-5-2)42(38,39)36(21-22-8-6-11-31-20-22)13-12-35-14-16-40-17-15-35/h6,8-11,18-20H,4-5,7,12-17,21H2,1-3H3,(H,32,37). The molecule has 1 aromatic carbocycles. The maximum atomic E-state index is 14.2. The highest BCUT2D eigenvalue weighted by Gasteiger charge is 2.27. The first-order valence-electron chi connectivity index (χ1n) is 14.4. The van der Waals surface area contributed by atoms with Gasteiger partial charge in [-0.15, -0.1) is 0 Å². The third kappa shape index (κ3) is 6.41. The molecule has 0 radical (unpaired) electrons. The monoisotopic (exact) mass is 594 g/mol. The Morgan fingerprint density at radius 2 is 1.95 bits per heavy atom. The molecule has 1 N–H and O–H groups in total. The fraction of sp³-hybridized carbons (Fsp3) is 0.433. The number of hydrogen-bond donors (Lipinski definition) is 1. The van der Waals surface area contributed by atoms with E-state index < -0.39 is 10.0 Å². The van der Waals surface area contributed by atoms with E-state index >= 15 is 0 Å². The van der Waals surface area contributed by atoms with E-state index in [0.717, 1.165) is 42.6 Å². The summed E-state index contributed by atoms with van der Waals surface area (Å²) in [4.78, 5) is 22.7. The van der Waals surface area contributed by atoms with Crippen LogP contribution in [0, 0.1) is 0 Å². The van der Waals surface area contributed by atoms with Crippen molar-refractivity contribution in [1.82, 2.24) is 29.0 Å². The molecule has 1 fully saturated rings. The van der Waals surface area contributed by atoms with Gasteiger partial charge in [0.05, 0.1) is 36.1 Å². The van der Waals surface area contributed by atoms with Gasteiger partial charge >= 0.3 is 0 Å². The Hall–Kier alpha value is -3.58. The van der Waals surface area contributed by atoms with Crippen LogP contribution in [0.15, 0.2) is 58.5 Å². The molecule has 224 valence electrons. The van der Waals surface area contributed by atoms with E-state index in [0.29, 0.717) is 55.4 Å². The number of nitrogens with zero attached hydrogens (tertiary/aromatic N) is 5. The summed E-state index contributed by atoms with van der Waals surface area (Å²) in [6.07, 6.45) is 4.95. The van der Waals surface area contributed by atoms with Crippen molar-refractivity contribution in [3.63, 3.8) is 0 Å². The van der Waals surface area contributed by atoms with Crippen molar-refractivity contribution < 1.29 is 17.9 Å². The highest BCUT2D eigenvalue weighted by molar-refractivity contribution is 7.89. The fourth-order valence-corrected chi connectivity index (χ4v) is 6.76. The van der Waals surface area contributed by atoms with E-state index in [4.69, 9.17) is 9.47 Å². The minimum Gasteiger partial charge on any atom is -0.493 e. The predicted molar refractivity (Wildman–Crippen MR) is 161 cm³/mol. The van der Waals surface area contributed by atoms with Crippen LogP contribution in [-0.4, -0.2) is 83.4 Å². The third-order valence-corrected chi connectivity index (χ3v) is 9.27. The summed E-state index contributed by atoms with van der Waals surface area (Å²) in [5, 5.41) is 5.31. The van der Waals surface area contributed by atoms with Crippen LogP contribution >= 0.6 is 0 Å². The summed E-state index contributed by atoms with van der Waals surface area (Å²) in [6.45, 7) is 8.17. The van der Waals surface area contributed by atoms with Gasteiger partial charge in [0.15, 0.2) is 0 Å². The number of aromatic amines is 1. The lowest BCUT2D eigenvalue weighted by atomic mass is 10.1. The molecule has 1 aliphatic heterocycles. The second-order valence-electron chi connectivity index (χ2n) is 10.3. The normalized spacial score (nSPS) is 14.6. The average molecular weight is 595 g/mol. The zero-order chi connectivity index (χ0) is 29.7. The molecule has 1 saturated heterocycles. The first-order valence-corrected chi connectivity index (χ1v) is 15.8. The molecule has 0 atom stereocenters. The Balaban J connectivity index is 1.56. The molecule has 11 nitrogen and oxygen atoms in total. The maximum Gasteiger partial charge on any atom is 0.274 e. The van der Waals surface area contributed by atoms with Crippen LogP contribution in [0.4, 0.5) is 0 Å². The van der Waals surface area contributed by atoms with Crippen LogP contribution in [0.2, 0.25) is 0 Å². The summed E-state index contributed by atoms with van der Waals surface area (Å²) < 4.78 is 42.9. The number of sulfonamides is 1. The van der Waals surface area contributed by atoms with E-state index in [1.807, 2.05) is 19.1 Å². The van der Waals surface area contributed by atoms with Crippen molar-refractivity contribution in [2.24, 2.45) is 7.05 Å². The molecule has 4 heterocycles. The smallest absolute Gasteiger partial charge is 0.274 e. The molecule has 12 heteroatoms.